The number of aromatic nitrogens is 1. The largest absolute Gasteiger partial charge is 0.507 e. The molecule has 3 aromatic rings. The molecule has 1 aliphatic heterocycles. The second-order valence-corrected chi connectivity index (χ2v) is 9.45. The molecule has 1 N–H and O–H groups in total. The maximum absolute atomic E-state index is 13.3. The van der Waals surface area contributed by atoms with Gasteiger partial charge in [-0.2, -0.15) is 0 Å². The van der Waals surface area contributed by atoms with Crippen molar-refractivity contribution in [3.05, 3.63) is 93.8 Å². The summed E-state index contributed by atoms with van der Waals surface area (Å²) < 4.78 is 5.83. The van der Waals surface area contributed by atoms with Crippen molar-refractivity contribution in [1.29, 1.82) is 0 Å². The van der Waals surface area contributed by atoms with Crippen molar-refractivity contribution >= 4 is 34.7 Å². The molecular formula is C28H27ClN2O4. The maximum Gasteiger partial charge on any atom is 0.300 e. The van der Waals surface area contributed by atoms with Crippen molar-refractivity contribution in [2.45, 2.75) is 33.7 Å². The number of Topliss-reactive ketones (excluding diaryl/α,β-unsaturated/α-hetero) is 1. The van der Waals surface area contributed by atoms with E-state index in [0.29, 0.717) is 40.2 Å². The first-order valence-electron chi connectivity index (χ1n) is 11.4. The predicted molar refractivity (Wildman–Crippen MR) is 137 cm³/mol. The van der Waals surface area contributed by atoms with Gasteiger partial charge in [0.05, 0.1) is 17.9 Å². The third kappa shape index (κ3) is 4.80. The van der Waals surface area contributed by atoms with Crippen molar-refractivity contribution in [3.8, 4) is 5.75 Å². The van der Waals surface area contributed by atoms with Gasteiger partial charge in [0.1, 0.15) is 17.6 Å². The average molecular weight is 491 g/mol. The molecule has 35 heavy (non-hydrogen) atoms. The van der Waals surface area contributed by atoms with Gasteiger partial charge in [-0.15, -0.1) is 0 Å². The minimum absolute atomic E-state index is 0.0272. The molecule has 0 bridgehead atoms. The van der Waals surface area contributed by atoms with Crippen LogP contribution in [0.1, 0.15) is 42.3 Å². The minimum atomic E-state index is -0.910. The summed E-state index contributed by atoms with van der Waals surface area (Å²) in [5.74, 6) is -0.736. The molecule has 1 aliphatic rings. The minimum Gasteiger partial charge on any atom is -0.507 e. The highest BCUT2D eigenvalue weighted by molar-refractivity contribution is 6.51. The Labute approximate surface area is 209 Å². The average Bonchev–Trinajstić information content (AvgIpc) is 3.10. The number of nitrogens with zero attached hydrogens (tertiary/aromatic N) is 2. The van der Waals surface area contributed by atoms with Crippen LogP contribution in [0.3, 0.4) is 0 Å². The standard InChI is InChI=1S/C28H27ClN2O4/c1-16(2)15-35-23-11-9-19(13-18(23)4)26(32)24-25(22-7-5-6-12-30-22)31(28(34)27(24)33)20-10-8-17(3)21(29)14-20/h5-14,16,25,32H,15H2,1-4H3/b26-24+. The van der Waals surface area contributed by atoms with Crippen LogP contribution in [0, 0.1) is 19.8 Å². The van der Waals surface area contributed by atoms with E-state index < -0.39 is 17.7 Å². The fourth-order valence-electron chi connectivity index (χ4n) is 4.02. The summed E-state index contributed by atoms with van der Waals surface area (Å²) >= 11 is 6.33. The molecular weight excluding hydrogens is 464 g/mol. The van der Waals surface area contributed by atoms with E-state index in [9.17, 15) is 14.7 Å². The van der Waals surface area contributed by atoms with Crippen LogP contribution in [0.2, 0.25) is 5.02 Å². The van der Waals surface area contributed by atoms with Crippen LogP contribution in [0.4, 0.5) is 5.69 Å². The van der Waals surface area contributed by atoms with E-state index in [2.05, 4.69) is 18.8 Å². The van der Waals surface area contributed by atoms with Gasteiger partial charge in [-0.3, -0.25) is 19.5 Å². The van der Waals surface area contributed by atoms with Crippen LogP contribution in [0.15, 0.2) is 66.4 Å². The van der Waals surface area contributed by atoms with Gasteiger partial charge in [0.2, 0.25) is 0 Å². The Bertz CT molecular complexity index is 1320. The molecule has 1 amide bonds. The first-order valence-corrected chi connectivity index (χ1v) is 11.8. The fraction of sp³-hybridized carbons (Fsp3) is 0.250. The van der Waals surface area contributed by atoms with Crippen molar-refractivity contribution in [2.24, 2.45) is 5.92 Å². The number of hydrogen-bond acceptors (Lipinski definition) is 5. The van der Waals surface area contributed by atoms with E-state index in [4.69, 9.17) is 16.3 Å². The smallest absolute Gasteiger partial charge is 0.300 e. The highest BCUT2D eigenvalue weighted by atomic mass is 35.5. The summed E-state index contributed by atoms with van der Waals surface area (Å²) in [7, 11) is 0. The Hall–Kier alpha value is -3.64. The van der Waals surface area contributed by atoms with Crippen molar-refractivity contribution in [3.63, 3.8) is 0 Å². The molecule has 1 atom stereocenters. The summed E-state index contributed by atoms with van der Waals surface area (Å²) in [6.45, 7) is 8.42. The van der Waals surface area contributed by atoms with Gasteiger partial charge in [-0.05, 0) is 73.4 Å². The molecule has 4 rings (SSSR count). The third-order valence-corrected chi connectivity index (χ3v) is 6.27. The van der Waals surface area contributed by atoms with Crippen LogP contribution >= 0.6 is 11.6 Å². The van der Waals surface area contributed by atoms with Gasteiger partial charge < -0.3 is 9.84 Å². The number of pyridine rings is 1. The van der Waals surface area contributed by atoms with Gasteiger partial charge in [0.25, 0.3) is 11.7 Å². The summed E-state index contributed by atoms with van der Waals surface area (Å²) in [6, 6.07) is 14.7. The van der Waals surface area contributed by atoms with Crippen molar-refractivity contribution in [1.82, 2.24) is 4.98 Å². The summed E-state index contributed by atoms with van der Waals surface area (Å²) in [5, 5.41) is 11.8. The van der Waals surface area contributed by atoms with Crippen molar-refractivity contribution < 1.29 is 19.4 Å². The van der Waals surface area contributed by atoms with Gasteiger partial charge in [0.15, 0.2) is 0 Å². The van der Waals surface area contributed by atoms with Gasteiger partial charge in [-0.1, -0.05) is 37.6 Å². The molecule has 1 fully saturated rings. The molecule has 0 radical (unpaired) electrons. The molecule has 0 spiro atoms. The van der Waals surface area contributed by atoms with Crippen LogP contribution < -0.4 is 9.64 Å². The second-order valence-electron chi connectivity index (χ2n) is 9.04. The molecule has 0 saturated carbocycles. The van der Waals surface area contributed by atoms with Gasteiger partial charge >= 0.3 is 0 Å². The van der Waals surface area contributed by atoms with Crippen LogP contribution in [0.5, 0.6) is 5.75 Å². The van der Waals surface area contributed by atoms with Gasteiger partial charge in [0, 0.05) is 22.5 Å². The number of aryl methyl sites for hydroxylation is 2. The first-order chi connectivity index (χ1) is 16.7. The molecule has 180 valence electrons. The molecule has 0 aliphatic carbocycles. The highest BCUT2D eigenvalue weighted by Crippen LogP contribution is 2.42. The number of carbonyl (C=O) groups excluding carboxylic acids is 2. The Morgan fingerprint density at radius 2 is 1.86 bits per heavy atom. The monoisotopic (exact) mass is 490 g/mol. The lowest BCUT2D eigenvalue weighted by Crippen LogP contribution is -2.29. The number of benzene rings is 2. The summed E-state index contributed by atoms with van der Waals surface area (Å²) in [4.78, 5) is 32.3. The number of halogens is 1. The molecule has 6 nitrogen and oxygen atoms in total. The Balaban J connectivity index is 1.84. The number of anilines is 1. The number of rotatable bonds is 6. The lowest BCUT2D eigenvalue weighted by Gasteiger charge is -2.25. The maximum atomic E-state index is 13.3. The van der Waals surface area contributed by atoms with E-state index in [-0.39, 0.29) is 11.3 Å². The molecule has 1 unspecified atom stereocenters. The first kappa shape index (κ1) is 24.5. The molecule has 1 aromatic heterocycles. The number of ketones is 1. The number of amides is 1. The van der Waals surface area contributed by atoms with Crippen molar-refractivity contribution in [2.75, 3.05) is 11.5 Å². The van der Waals surface area contributed by atoms with E-state index in [1.54, 1.807) is 60.8 Å². The Kier molecular flexibility index (Phi) is 6.94. The number of ether oxygens (including phenoxy) is 1. The predicted octanol–water partition coefficient (Wildman–Crippen LogP) is 6.01. The zero-order chi connectivity index (χ0) is 25.3. The highest BCUT2D eigenvalue weighted by Gasteiger charge is 2.47. The SMILES string of the molecule is Cc1ccc(N2C(=O)C(=O)/C(=C(/O)c3ccc(OCC(C)C)c(C)c3)C2c2ccccn2)cc1Cl. The number of hydrogen-bond donors (Lipinski definition) is 1. The zero-order valence-corrected chi connectivity index (χ0v) is 20.8. The fourth-order valence-corrected chi connectivity index (χ4v) is 4.19. The Morgan fingerprint density at radius 3 is 2.49 bits per heavy atom. The second kappa shape index (κ2) is 9.92. The van der Waals surface area contributed by atoms with Gasteiger partial charge in [-0.25, -0.2) is 0 Å². The molecule has 2 heterocycles. The number of carbonyl (C=O) groups is 2. The van der Waals surface area contributed by atoms with Crippen LogP contribution in [-0.2, 0) is 9.59 Å². The quantitative estimate of drug-likeness (QED) is 0.260. The number of aliphatic hydroxyl groups is 1. The molecule has 1 saturated heterocycles. The summed E-state index contributed by atoms with van der Waals surface area (Å²) in [5.41, 5.74) is 2.95. The lowest BCUT2D eigenvalue weighted by atomic mass is 9.97. The van der Waals surface area contributed by atoms with Crippen LogP contribution in [0.25, 0.3) is 5.76 Å². The topological polar surface area (TPSA) is 79.7 Å². The van der Waals surface area contributed by atoms with Crippen LogP contribution in [-0.4, -0.2) is 28.4 Å². The lowest BCUT2D eigenvalue weighted by molar-refractivity contribution is -0.132. The molecule has 2 aromatic carbocycles. The normalized spacial score (nSPS) is 17.3. The van der Waals surface area contributed by atoms with E-state index in [0.717, 1.165) is 11.1 Å². The third-order valence-electron chi connectivity index (χ3n) is 5.87. The van der Waals surface area contributed by atoms with E-state index >= 15 is 0 Å². The zero-order valence-electron chi connectivity index (χ0n) is 20.1. The molecule has 7 heteroatoms. The van der Waals surface area contributed by atoms with E-state index in [1.165, 1.54) is 4.90 Å². The Morgan fingerprint density at radius 1 is 1.09 bits per heavy atom. The van der Waals surface area contributed by atoms with E-state index in [1.807, 2.05) is 13.8 Å². The summed E-state index contributed by atoms with van der Waals surface area (Å²) in [6.07, 6.45) is 1.59. The number of aliphatic hydroxyl groups excluding tert-OH is 1.